The van der Waals surface area contributed by atoms with E-state index in [1.807, 2.05) is 114 Å². The minimum atomic E-state index is -5.14. The quantitative estimate of drug-likeness (QED) is 0.172. The summed E-state index contributed by atoms with van der Waals surface area (Å²) in [5, 5.41) is 14.0. The minimum absolute atomic E-state index is 0.308. The van der Waals surface area contributed by atoms with E-state index >= 15 is 0 Å². The van der Waals surface area contributed by atoms with E-state index in [1.54, 1.807) is 0 Å². The third kappa shape index (κ3) is 4.74. The molecule has 8 rings (SSSR count). The van der Waals surface area contributed by atoms with Gasteiger partial charge in [-0.15, -0.1) is 0 Å². The van der Waals surface area contributed by atoms with Gasteiger partial charge in [0.05, 0.1) is 56.2 Å². The third-order valence-corrected chi connectivity index (χ3v) is 9.32. The molecule has 0 spiro atoms. The molecular formula is C41H25F6N3. The Kier molecular flexibility index (Phi) is 6.88. The van der Waals surface area contributed by atoms with Crippen molar-refractivity contribution >= 4 is 43.6 Å². The lowest BCUT2D eigenvalue weighted by Gasteiger charge is -2.23. The van der Waals surface area contributed by atoms with Crippen molar-refractivity contribution in [2.45, 2.75) is 26.2 Å². The van der Waals surface area contributed by atoms with Crippen LogP contribution in [0.5, 0.6) is 0 Å². The molecule has 0 atom stereocenters. The monoisotopic (exact) mass is 673 g/mol. The van der Waals surface area contributed by atoms with Crippen LogP contribution in [-0.4, -0.2) is 9.13 Å². The van der Waals surface area contributed by atoms with Gasteiger partial charge in [-0.2, -0.15) is 31.6 Å². The number of hydrogen-bond acceptors (Lipinski definition) is 1. The maximum atomic E-state index is 14.6. The van der Waals surface area contributed by atoms with Crippen LogP contribution in [0.3, 0.4) is 0 Å². The van der Waals surface area contributed by atoms with Crippen LogP contribution in [0.25, 0.3) is 66.1 Å². The van der Waals surface area contributed by atoms with E-state index < -0.39 is 34.6 Å². The Morgan fingerprint density at radius 1 is 0.500 bits per heavy atom. The Labute approximate surface area is 281 Å². The van der Waals surface area contributed by atoms with Crippen molar-refractivity contribution in [2.24, 2.45) is 0 Å². The number of para-hydroxylation sites is 2. The van der Waals surface area contributed by atoms with E-state index in [-0.39, 0.29) is 5.56 Å². The van der Waals surface area contributed by atoms with Gasteiger partial charge >= 0.3 is 12.4 Å². The number of hydrogen-bond donors (Lipinski definition) is 0. The fourth-order valence-corrected chi connectivity index (χ4v) is 7.24. The highest BCUT2D eigenvalue weighted by Gasteiger charge is 2.42. The molecule has 0 saturated heterocycles. The van der Waals surface area contributed by atoms with Gasteiger partial charge in [-0.05, 0) is 74.5 Å². The molecule has 0 unspecified atom stereocenters. The minimum Gasteiger partial charge on any atom is -0.307 e. The highest BCUT2D eigenvalue weighted by atomic mass is 19.4. The van der Waals surface area contributed by atoms with Crippen LogP contribution in [0, 0.1) is 25.2 Å². The molecule has 50 heavy (non-hydrogen) atoms. The third-order valence-electron chi connectivity index (χ3n) is 9.32. The molecule has 0 aliphatic carbocycles. The fraction of sp³-hybridized carbons (Fsp3) is 0.0976. The summed E-state index contributed by atoms with van der Waals surface area (Å²) in [6, 6.07) is 33.5. The molecule has 0 saturated carbocycles. The number of halogens is 6. The van der Waals surface area contributed by atoms with Crippen molar-refractivity contribution in [2.75, 3.05) is 0 Å². The Morgan fingerprint density at radius 3 is 1.40 bits per heavy atom. The molecule has 0 N–H and O–H groups in total. The van der Waals surface area contributed by atoms with E-state index in [1.165, 1.54) is 12.1 Å². The second kappa shape index (κ2) is 11.0. The average Bonchev–Trinajstić information content (AvgIpc) is 3.58. The summed E-state index contributed by atoms with van der Waals surface area (Å²) in [5.74, 6) is 0. The summed E-state index contributed by atoms with van der Waals surface area (Å²) in [6.45, 7) is 3.92. The molecule has 3 nitrogen and oxygen atoms in total. The molecule has 0 fully saturated rings. The summed E-state index contributed by atoms with van der Waals surface area (Å²) < 4.78 is 91.3. The zero-order valence-electron chi connectivity index (χ0n) is 26.6. The van der Waals surface area contributed by atoms with Crippen LogP contribution in [0.15, 0.2) is 115 Å². The van der Waals surface area contributed by atoms with Crippen molar-refractivity contribution in [3.8, 4) is 28.6 Å². The van der Waals surface area contributed by atoms with Gasteiger partial charge in [-0.25, -0.2) is 0 Å². The number of aromatic nitrogens is 2. The SMILES string of the molecule is Cc1ccc2c(c1)c1ccccc1n2-c1cc(C#N)c(-c2c(C(F)(F)F)cccc2C(F)(F)F)cc1-n1c2ccccc2c2cc(C)ccc21. The van der Waals surface area contributed by atoms with Crippen molar-refractivity contribution < 1.29 is 26.3 Å². The van der Waals surface area contributed by atoms with Gasteiger partial charge in [0.1, 0.15) is 0 Å². The summed E-state index contributed by atoms with van der Waals surface area (Å²) in [7, 11) is 0. The van der Waals surface area contributed by atoms with Crippen LogP contribution in [-0.2, 0) is 12.4 Å². The number of fused-ring (bicyclic) bond motifs is 6. The Morgan fingerprint density at radius 2 is 0.940 bits per heavy atom. The first kappa shape index (κ1) is 31.3. The fourth-order valence-electron chi connectivity index (χ4n) is 7.24. The second-order valence-electron chi connectivity index (χ2n) is 12.5. The first-order chi connectivity index (χ1) is 23.9. The highest BCUT2D eigenvalue weighted by molar-refractivity contribution is 6.12. The van der Waals surface area contributed by atoms with E-state index in [4.69, 9.17) is 0 Å². The summed E-state index contributed by atoms with van der Waals surface area (Å²) in [5.41, 5.74) is 0.778. The molecule has 9 heteroatoms. The lowest BCUT2D eigenvalue weighted by molar-refractivity contribution is -0.142. The van der Waals surface area contributed by atoms with Gasteiger partial charge in [0, 0.05) is 32.7 Å². The number of nitriles is 1. The zero-order chi connectivity index (χ0) is 35.1. The molecule has 0 radical (unpaired) electrons. The average molecular weight is 674 g/mol. The van der Waals surface area contributed by atoms with E-state index in [2.05, 4.69) is 0 Å². The van der Waals surface area contributed by atoms with Gasteiger partial charge in [0.2, 0.25) is 0 Å². The maximum absolute atomic E-state index is 14.6. The number of aryl methyl sites for hydroxylation is 2. The standard InChI is InChI=1S/C41H25F6N3/c1-23-14-16-35-29(18-23)26-8-3-5-12-33(26)49(35)37-20-25(22-48)28(39-31(40(42,43)44)10-7-11-32(39)41(45,46)47)21-38(37)50-34-13-6-4-9-27(34)30-19-24(2)15-17-36(30)50/h3-21H,1-2H3. The lowest BCUT2D eigenvalue weighted by Crippen LogP contribution is -2.15. The van der Waals surface area contributed by atoms with Gasteiger partial charge in [0.15, 0.2) is 0 Å². The van der Waals surface area contributed by atoms with Crippen LogP contribution in [0.4, 0.5) is 26.3 Å². The van der Waals surface area contributed by atoms with Crippen LogP contribution < -0.4 is 0 Å². The summed E-state index contributed by atoms with van der Waals surface area (Å²) >= 11 is 0. The molecule has 8 aromatic rings. The van der Waals surface area contributed by atoms with Gasteiger partial charge < -0.3 is 9.13 Å². The molecule has 0 aliphatic rings. The normalized spacial score (nSPS) is 12.4. The second-order valence-corrected chi connectivity index (χ2v) is 12.5. The molecule has 6 aromatic carbocycles. The van der Waals surface area contributed by atoms with E-state index in [0.717, 1.165) is 49.8 Å². The Hall–Kier alpha value is -6.01. The zero-order valence-corrected chi connectivity index (χ0v) is 26.6. The first-order valence-corrected chi connectivity index (χ1v) is 15.7. The Balaban J connectivity index is 1.61. The summed E-state index contributed by atoms with van der Waals surface area (Å²) in [6.07, 6.45) is -10.3. The van der Waals surface area contributed by atoms with Gasteiger partial charge in [0.25, 0.3) is 0 Å². The first-order valence-electron chi connectivity index (χ1n) is 15.7. The molecule has 246 valence electrons. The number of rotatable bonds is 3. The van der Waals surface area contributed by atoms with Crippen LogP contribution >= 0.6 is 0 Å². The van der Waals surface area contributed by atoms with E-state index in [0.29, 0.717) is 34.5 Å². The Bertz CT molecular complexity index is 2690. The summed E-state index contributed by atoms with van der Waals surface area (Å²) in [4.78, 5) is 0. The molecule has 0 bridgehead atoms. The largest absolute Gasteiger partial charge is 0.417 e. The smallest absolute Gasteiger partial charge is 0.307 e. The maximum Gasteiger partial charge on any atom is 0.417 e. The predicted octanol–water partition coefficient (Wildman–Crippen LogP) is 12.1. The van der Waals surface area contributed by atoms with Gasteiger partial charge in [-0.3, -0.25) is 0 Å². The molecule has 2 aromatic heterocycles. The number of nitrogens with zero attached hydrogens (tertiary/aromatic N) is 3. The van der Waals surface area contributed by atoms with Crippen LogP contribution in [0.1, 0.15) is 27.8 Å². The van der Waals surface area contributed by atoms with Crippen molar-refractivity contribution in [3.05, 3.63) is 143 Å². The number of alkyl halides is 6. The molecule has 2 heterocycles. The van der Waals surface area contributed by atoms with Crippen molar-refractivity contribution in [3.63, 3.8) is 0 Å². The highest BCUT2D eigenvalue weighted by Crippen LogP contribution is 2.48. The van der Waals surface area contributed by atoms with Crippen molar-refractivity contribution in [1.29, 1.82) is 5.26 Å². The van der Waals surface area contributed by atoms with Gasteiger partial charge in [-0.1, -0.05) is 65.7 Å². The molecule has 0 aliphatic heterocycles. The molecular weight excluding hydrogens is 648 g/mol. The lowest BCUT2D eigenvalue weighted by atomic mass is 9.89. The topological polar surface area (TPSA) is 33.6 Å². The van der Waals surface area contributed by atoms with Crippen LogP contribution in [0.2, 0.25) is 0 Å². The number of benzene rings is 6. The predicted molar refractivity (Wildman–Crippen MR) is 185 cm³/mol. The van der Waals surface area contributed by atoms with Crippen molar-refractivity contribution in [1.82, 2.24) is 9.13 Å². The van der Waals surface area contributed by atoms with E-state index in [9.17, 15) is 31.6 Å². The molecule has 0 amide bonds.